The van der Waals surface area contributed by atoms with Crippen molar-refractivity contribution in [1.82, 2.24) is 9.33 Å². The highest BCUT2D eigenvalue weighted by Crippen LogP contribution is 2.72. The summed E-state index contributed by atoms with van der Waals surface area (Å²) in [6.45, 7) is 0. The first-order valence-corrected chi connectivity index (χ1v) is 5.66. The van der Waals surface area contributed by atoms with Gasteiger partial charge in [-0.15, -0.1) is 8.96 Å². The van der Waals surface area contributed by atoms with Crippen LogP contribution in [0.2, 0.25) is 0 Å². The molecule has 0 aromatic heterocycles. The summed E-state index contributed by atoms with van der Waals surface area (Å²) in [6.07, 6.45) is 0. The molecule has 1 rings (SSSR count). The minimum absolute atomic E-state index is 1.00. The van der Waals surface area contributed by atoms with Crippen LogP contribution >= 0.6 is 25.2 Å². The molecule has 0 bridgehead atoms. The molecule has 0 radical (unpaired) electrons. The van der Waals surface area contributed by atoms with E-state index in [2.05, 4.69) is 4.52 Å². The molecule has 0 aliphatic carbocycles. The molecular weight excluding hydrogens is 230 g/mol. The fraction of sp³-hybridized carbons (Fsp3) is 0. The number of halogens is 5. The number of hydrogen-bond donors (Lipinski definition) is 0. The van der Waals surface area contributed by atoms with Gasteiger partial charge in [0.2, 0.25) is 8.17 Å². The number of nitrogens with zero attached hydrogens (tertiary/aromatic N) is 3. The molecule has 0 aromatic carbocycles. The summed E-state index contributed by atoms with van der Waals surface area (Å²) in [7, 11) is -10.6. The highest BCUT2D eigenvalue weighted by Gasteiger charge is 2.42. The van der Waals surface area contributed by atoms with E-state index in [-0.39, 0.29) is 0 Å². The molecule has 0 amide bonds. The van der Waals surface area contributed by atoms with Gasteiger partial charge < -0.3 is 0 Å². The predicted molar refractivity (Wildman–Crippen MR) is 33.8 cm³/mol. The topological polar surface area (TPSA) is 18.8 Å². The summed E-state index contributed by atoms with van der Waals surface area (Å²) < 4.78 is 60.7. The molecule has 1 aliphatic heterocycles. The van der Waals surface area contributed by atoms with Gasteiger partial charge in [0.15, 0.2) is 0 Å². The van der Waals surface area contributed by atoms with Gasteiger partial charge in [-0.1, -0.05) is 0 Å². The molecule has 0 saturated carbocycles. The van der Waals surface area contributed by atoms with E-state index in [4.69, 9.17) is 0 Å². The van der Waals surface area contributed by atoms with Crippen LogP contribution in [0.5, 0.6) is 0 Å². The first kappa shape index (κ1) is 9.75. The monoisotopic (exact) mass is 231 g/mol. The van der Waals surface area contributed by atoms with Gasteiger partial charge in [0.05, 0.1) is 0 Å². The van der Waals surface area contributed by atoms with E-state index < -0.39 is 34.6 Å². The first-order chi connectivity index (χ1) is 5.04. The van der Waals surface area contributed by atoms with Crippen molar-refractivity contribution in [3.63, 3.8) is 0 Å². The molecule has 11 heavy (non-hydrogen) atoms. The van der Waals surface area contributed by atoms with E-state index in [9.17, 15) is 21.6 Å². The maximum Gasteiger partial charge on any atom is 0.322 e. The van der Waals surface area contributed by atoms with Gasteiger partial charge in [-0.3, -0.25) is 0 Å². The van der Waals surface area contributed by atoms with Crippen LogP contribution in [0.25, 0.3) is 0 Å². The Balaban J connectivity index is 2.83. The second kappa shape index (κ2) is 3.58. The van der Waals surface area contributed by atoms with E-state index in [1.54, 1.807) is 0 Å². The number of rotatable bonds is 0. The molecule has 0 aromatic rings. The van der Waals surface area contributed by atoms with E-state index in [0.717, 1.165) is 0 Å². The summed E-state index contributed by atoms with van der Waals surface area (Å²) in [5.41, 5.74) is 0. The van der Waals surface area contributed by atoms with Crippen LogP contribution in [0.4, 0.5) is 21.6 Å². The Morgan fingerprint density at radius 3 is 2.36 bits per heavy atom. The zero-order valence-corrected chi connectivity index (χ0v) is 7.41. The second-order valence-corrected chi connectivity index (χ2v) is 5.79. The van der Waals surface area contributed by atoms with Crippen molar-refractivity contribution in [2.45, 2.75) is 0 Å². The summed E-state index contributed by atoms with van der Waals surface area (Å²) in [5.74, 6) is 0. The van der Waals surface area contributed by atoms with Crippen LogP contribution in [-0.4, -0.2) is 9.33 Å². The molecule has 3 nitrogen and oxygen atoms in total. The normalized spacial score (nSPS) is 42.1. The quantitative estimate of drug-likeness (QED) is 0.357. The van der Waals surface area contributed by atoms with Gasteiger partial charge in [-0.25, -0.2) is 0 Å². The van der Waals surface area contributed by atoms with E-state index >= 15 is 0 Å². The first-order valence-electron chi connectivity index (χ1n) is 2.11. The fourth-order valence-electron chi connectivity index (χ4n) is 0.336. The van der Waals surface area contributed by atoms with Crippen LogP contribution in [-0.2, 0) is 0 Å². The molecular formula is HF5N3P3. The smallest absolute Gasteiger partial charge is 0.192 e. The van der Waals surface area contributed by atoms with Gasteiger partial charge in [-0.2, -0.15) is 17.1 Å². The summed E-state index contributed by atoms with van der Waals surface area (Å²) >= 11 is 0. The molecule has 0 saturated heterocycles. The lowest BCUT2D eigenvalue weighted by atomic mass is 13.6. The highest BCUT2D eigenvalue weighted by molar-refractivity contribution is 7.73. The molecule has 1 heterocycles. The van der Waals surface area contributed by atoms with Gasteiger partial charge >= 0.3 is 17.1 Å². The zero-order valence-electron chi connectivity index (χ0n) is 4.63. The second-order valence-electron chi connectivity index (χ2n) is 1.35. The van der Waals surface area contributed by atoms with Crippen molar-refractivity contribution in [1.29, 1.82) is 0 Å². The van der Waals surface area contributed by atoms with Crippen molar-refractivity contribution < 1.29 is 21.6 Å². The standard InChI is InChI=1S/F5HN3P3/c1-7-9(3)6-10(4)8(2)11(7)5/h9H. The lowest BCUT2D eigenvalue weighted by Crippen LogP contribution is -2.06. The van der Waals surface area contributed by atoms with Gasteiger partial charge in [0.1, 0.15) is 0 Å². The van der Waals surface area contributed by atoms with E-state index in [1.807, 2.05) is 0 Å². The maximum atomic E-state index is 12.1. The molecule has 3 atom stereocenters. The van der Waals surface area contributed by atoms with Crippen LogP contribution in [0.15, 0.2) is 4.52 Å². The minimum Gasteiger partial charge on any atom is -0.192 e. The van der Waals surface area contributed by atoms with Crippen molar-refractivity contribution >= 4 is 25.2 Å². The lowest BCUT2D eigenvalue weighted by Gasteiger charge is -2.23. The molecule has 3 unspecified atom stereocenters. The maximum absolute atomic E-state index is 12.1. The molecule has 11 heteroatoms. The minimum atomic E-state index is -3.68. The third kappa shape index (κ3) is 1.87. The average molecular weight is 231 g/mol. The summed E-state index contributed by atoms with van der Waals surface area (Å²) in [6, 6.07) is 0. The summed E-state index contributed by atoms with van der Waals surface area (Å²) in [5, 5.41) is 0. The van der Waals surface area contributed by atoms with Crippen molar-refractivity contribution in [2.24, 2.45) is 4.52 Å². The van der Waals surface area contributed by atoms with E-state index in [1.165, 1.54) is 0 Å². The molecule has 66 valence electrons. The van der Waals surface area contributed by atoms with Crippen LogP contribution < -0.4 is 0 Å². The Labute approximate surface area is 61.6 Å². The molecule has 1 aliphatic rings. The third-order valence-electron chi connectivity index (χ3n) is 0.735. The Bertz CT molecular complexity index is 184. The van der Waals surface area contributed by atoms with Crippen LogP contribution in [0.3, 0.4) is 0 Å². The molecule has 0 fully saturated rings. The molecule has 0 spiro atoms. The Morgan fingerprint density at radius 1 is 1.27 bits per heavy atom. The fourth-order valence-corrected chi connectivity index (χ4v) is 4.02. The Hall–Kier alpha value is 0.660. The van der Waals surface area contributed by atoms with Gasteiger partial charge in [0, 0.05) is 0 Å². The third-order valence-corrected chi connectivity index (χ3v) is 5.07. The predicted octanol–water partition coefficient (Wildman–Crippen LogP) is 3.96. The Morgan fingerprint density at radius 2 is 1.82 bits per heavy atom. The largest absolute Gasteiger partial charge is 0.322 e. The van der Waals surface area contributed by atoms with Crippen molar-refractivity contribution in [3.8, 4) is 0 Å². The van der Waals surface area contributed by atoms with Crippen molar-refractivity contribution in [3.05, 3.63) is 0 Å². The van der Waals surface area contributed by atoms with E-state index in [0.29, 0.717) is 0 Å². The van der Waals surface area contributed by atoms with Crippen molar-refractivity contribution in [2.75, 3.05) is 0 Å². The lowest BCUT2D eigenvalue weighted by molar-refractivity contribution is 0.192. The number of hydrogen-bond acceptors (Lipinski definition) is 3. The van der Waals surface area contributed by atoms with Crippen LogP contribution in [0.1, 0.15) is 0 Å². The summed E-state index contributed by atoms with van der Waals surface area (Å²) in [4.78, 5) is 0. The highest BCUT2D eigenvalue weighted by atomic mass is 31.3. The van der Waals surface area contributed by atoms with Crippen LogP contribution in [0, 0.1) is 0 Å². The van der Waals surface area contributed by atoms with Gasteiger partial charge in [-0.05, 0) is 9.33 Å². The zero-order chi connectivity index (χ0) is 8.59. The SMILES string of the molecule is FN1P(F)N=[PH](F)N(F)P1F. The van der Waals surface area contributed by atoms with Gasteiger partial charge in [0.25, 0.3) is 0 Å². The molecule has 0 N–H and O–H groups in total. The Kier molecular flexibility index (Phi) is 3.18. The average Bonchev–Trinajstić information content (AvgIpc) is 1.97.